The minimum atomic E-state index is -4.76. The summed E-state index contributed by atoms with van der Waals surface area (Å²) in [5.74, 6) is -4.95. The van der Waals surface area contributed by atoms with Crippen LogP contribution in [0.5, 0.6) is 0 Å². The highest BCUT2D eigenvalue weighted by atomic mass is 31.2. The Balaban J connectivity index is 1.56. The van der Waals surface area contributed by atoms with Crippen LogP contribution in [0.1, 0.15) is 24.6 Å². The summed E-state index contributed by atoms with van der Waals surface area (Å²) < 4.78 is 80.7. The fourth-order valence-corrected chi connectivity index (χ4v) is 3.48. The molecule has 30 heavy (non-hydrogen) atoms. The van der Waals surface area contributed by atoms with Crippen LogP contribution >= 0.6 is 7.82 Å². The molecule has 0 saturated carbocycles. The van der Waals surface area contributed by atoms with E-state index in [1.165, 1.54) is 0 Å². The van der Waals surface area contributed by atoms with Gasteiger partial charge in [-0.05, 0) is 12.8 Å². The van der Waals surface area contributed by atoms with Crippen LogP contribution in [0.4, 0.5) is 17.6 Å². The van der Waals surface area contributed by atoms with Crippen molar-refractivity contribution in [2.75, 3.05) is 6.61 Å². The van der Waals surface area contributed by atoms with Gasteiger partial charge in [-0.25, -0.2) is 22.5 Å². The number of aromatic nitrogens is 2. The molecule has 0 aliphatic carbocycles. The Labute approximate surface area is 165 Å². The minimum Gasteiger partial charge on any atom is -0.352 e. The van der Waals surface area contributed by atoms with E-state index in [4.69, 9.17) is 9.26 Å². The molecule has 1 aliphatic heterocycles. The summed E-state index contributed by atoms with van der Waals surface area (Å²) in [6.45, 7) is -1.48. The average Bonchev–Trinajstić information content (AvgIpc) is 3.11. The van der Waals surface area contributed by atoms with Crippen molar-refractivity contribution in [1.29, 1.82) is 0 Å². The van der Waals surface area contributed by atoms with Gasteiger partial charge in [0.05, 0.1) is 31.1 Å². The van der Waals surface area contributed by atoms with E-state index in [9.17, 15) is 36.6 Å². The average molecular weight is 454 g/mol. The number of ether oxygens (including phenoxy) is 1. The molecule has 3 atom stereocenters. The maximum atomic E-state index is 13.5. The third kappa shape index (κ3) is 5.24. The number of aromatic amines is 1. The Morgan fingerprint density at radius 2 is 1.80 bits per heavy atom. The van der Waals surface area contributed by atoms with Crippen molar-refractivity contribution in [3.05, 3.63) is 68.0 Å². The first-order valence-corrected chi connectivity index (χ1v) is 9.97. The highest BCUT2D eigenvalue weighted by Gasteiger charge is 2.31. The van der Waals surface area contributed by atoms with Gasteiger partial charge in [0.25, 0.3) is 5.56 Å². The molecule has 0 radical (unpaired) electrons. The summed E-state index contributed by atoms with van der Waals surface area (Å²) >= 11 is 0. The molecule has 1 aliphatic rings. The lowest BCUT2D eigenvalue weighted by Gasteiger charge is -2.17. The minimum absolute atomic E-state index is 0.210. The van der Waals surface area contributed by atoms with Gasteiger partial charge in [-0.2, -0.15) is 4.39 Å². The van der Waals surface area contributed by atoms with Crippen LogP contribution < -0.4 is 11.2 Å². The number of phosphoric ester groups is 1. The van der Waals surface area contributed by atoms with Crippen molar-refractivity contribution in [1.82, 2.24) is 9.55 Å². The predicted molar refractivity (Wildman–Crippen MR) is 91.3 cm³/mol. The Kier molecular flexibility index (Phi) is 6.58. The fourth-order valence-electron chi connectivity index (χ4n) is 2.76. The van der Waals surface area contributed by atoms with Crippen molar-refractivity contribution >= 4 is 7.82 Å². The highest BCUT2D eigenvalue weighted by molar-refractivity contribution is 7.47. The number of nitrogens with zero attached hydrogens (tertiary/aromatic N) is 1. The molecular weight excluding hydrogens is 439 g/mol. The fraction of sp³-hybridized carbons (Fsp3) is 0.375. The predicted octanol–water partition coefficient (Wildman–Crippen LogP) is 2.10. The van der Waals surface area contributed by atoms with Gasteiger partial charge >= 0.3 is 13.5 Å². The molecule has 1 fully saturated rings. The first-order chi connectivity index (χ1) is 14.1. The Hall–Kier alpha value is -2.31. The summed E-state index contributed by atoms with van der Waals surface area (Å²) in [6, 6.07) is 0.776. The SMILES string of the molecule is O=c1[nH]c(=O)n([C@H]2CC[C@@H](COP(=O)(O)OCc3c(F)cc(F)cc3F)O2)cc1F. The van der Waals surface area contributed by atoms with Crippen molar-refractivity contribution in [2.45, 2.75) is 31.8 Å². The smallest absolute Gasteiger partial charge is 0.352 e. The quantitative estimate of drug-likeness (QED) is 0.486. The summed E-state index contributed by atoms with van der Waals surface area (Å²) in [5, 5.41) is 0. The van der Waals surface area contributed by atoms with Crippen molar-refractivity contribution < 1.29 is 40.8 Å². The van der Waals surface area contributed by atoms with Crippen molar-refractivity contribution in [3.63, 3.8) is 0 Å². The van der Waals surface area contributed by atoms with Gasteiger partial charge in [0.2, 0.25) is 5.82 Å². The van der Waals surface area contributed by atoms with Crippen LogP contribution in [-0.2, 0) is 25.0 Å². The van der Waals surface area contributed by atoms with E-state index in [0.29, 0.717) is 18.3 Å². The molecule has 9 nitrogen and oxygen atoms in total. The topological polar surface area (TPSA) is 120 Å². The number of phosphoric acid groups is 1. The Bertz CT molecular complexity index is 1080. The summed E-state index contributed by atoms with van der Waals surface area (Å²) in [7, 11) is -4.76. The van der Waals surface area contributed by atoms with Gasteiger partial charge in [-0.15, -0.1) is 0 Å². The number of hydrogen-bond donors (Lipinski definition) is 2. The van der Waals surface area contributed by atoms with Crippen molar-refractivity contribution in [3.8, 4) is 0 Å². The van der Waals surface area contributed by atoms with Crippen LogP contribution in [0.2, 0.25) is 0 Å². The lowest BCUT2D eigenvalue weighted by atomic mass is 10.2. The van der Waals surface area contributed by atoms with E-state index < -0.39 is 73.4 Å². The molecule has 164 valence electrons. The second kappa shape index (κ2) is 8.82. The van der Waals surface area contributed by atoms with Crippen LogP contribution in [-0.4, -0.2) is 27.2 Å². The largest absolute Gasteiger partial charge is 0.472 e. The molecule has 0 amide bonds. The van der Waals surface area contributed by atoms with Crippen LogP contribution in [0.25, 0.3) is 0 Å². The summed E-state index contributed by atoms with van der Waals surface area (Å²) in [6.07, 6.45) is -0.596. The second-order valence-electron chi connectivity index (χ2n) is 6.32. The van der Waals surface area contributed by atoms with Gasteiger partial charge in [-0.1, -0.05) is 0 Å². The molecule has 14 heteroatoms. The normalized spacial score (nSPS) is 21.0. The van der Waals surface area contributed by atoms with E-state index in [1.54, 1.807) is 4.98 Å². The van der Waals surface area contributed by atoms with Crippen molar-refractivity contribution in [2.24, 2.45) is 0 Å². The Morgan fingerprint density at radius 3 is 2.47 bits per heavy atom. The second-order valence-corrected chi connectivity index (χ2v) is 7.77. The van der Waals surface area contributed by atoms with E-state index in [1.807, 2.05) is 0 Å². The molecule has 0 spiro atoms. The molecule has 2 heterocycles. The lowest BCUT2D eigenvalue weighted by molar-refractivity contribution is -0.0267. The first kappa shape index (κ1) is 22.4. The molecule has 1 unspecified atom stereocenters. The third-order valence-electron chi connectivity index (χ3n) is 4.22. The zero-order chi connectivity index (χ0) is 22.1. The molecule has 1 saturated heterocycles. The molecule has 1 aromatic heterocycles. The maximum Gasteiger partial charge on any atom is 0.472 e. The summed E-state index contributed by atoms with van der Waals surface area (Å²) in [4.78, 5) is 34.2. The monoisotopic (exact) mass is 454 g/mol. The van der Waals surface area contributed by atoms with Gasteiger partial charge in [0, 0.05) is 12.1 Å². The first-order valence-electron chi connectivity index (χ1n) is 8.47. The van der Waals surface area contributed by atoms with Crippen LogP contribution in [0.3, 0.4) is 0 Å². The van der Waals surface area contributed by atoms with Gasteiger partial charge < -0.3 is 9.63 Å². The van der Waals surface area contributed by atoms with E-state index in [-0.39, 0.29) is 12.8 Å². The highest BCUT2D eigenvalue weighted by Crippen LogP contribution is 2.45. The third-order valence-corrected chi connectivity index (χ3v) is 5.15. The molecule has 3 rings (SSSR count). The van der Waals surface area contributed by atoms with Gasteiger partial charge in [-0.3, -0.25) is 23.4 Å². The van der Waals surface area contributed by atoms with Gasteiger partial charge in [0.15, 0.2) is 0 Å². The zero-order valence-electron chi connectivity index (χ0n) is 15.0. The number of halogens is 4. The van der Waals surface area contributed by atoms with E-state index in [2.05, 4.69) is 4.52 Å². The van der Waals surface area contributed by atoms with Crippen LogP contribution in [0.15, 0.2) is 27.9 Å². The molecule has 0 bridgehead atoms. The standard InChI is InChI=1S/C16H15F4N2O7P/c17-8-3-11(18)10(12(19)4-8)7-28-30(25,26)27-6-9-1-2-14(29-9)22-5-13(20)15(23)21-16(22)24/h3-5,9,14H,1-2,6-7H2,(H,25,26)(H,21,23,24)/t9-,14+/m0/s1. The molecular formula is C16H15F4N2O7P. The van der Waals surface area contributed by atoms with Gasteiger partial charge in [0.1, 0.15) is 23.7 Å². The number of rotatable bonds is 7. The molecule has 1 aromatic carbocycles. The number of H-pyrrole nitrogens is 1. The molecule has 2 N–H and O–H groups in total. The maximum absolute atomic E-state index is 13.5. The number of benzene rings is 1. The summed E-state index contributed by atoms with van der Waals surface area (Å²) in [5.41, 5.74) is -2.83. The Morgan fingerprint density at radius 1 is 1.13 bits per heavy atom. The number of hydrogen-bond acceptors (Lipinski definition) is 6. The van der Waals surface area contributed by atoms with Crippen LogP contribution in [0, 0.1) is 23.3 Å². The van der Waals surface area contributed by atoms with E-state index >= 15 is 0 Å². The molecule has 2 aromatic rings. The van der Waals surface area contributed by atoms with E-state index in [0.717, 1.165) is 4.57 Å². The number of nitrogens with one attached hydrogen (secondary N) is 1. The lowest BCUT2D eigenvalue weighted by Crippen LogP contribution is -2.34. The zero-order valence-corrected chi connectivity index (χ0v) is 15.9.